The number of ether oxygens (including phenoxy) is 1. The second-order valence-corrected chi connectivity index (χ2v) is 4.72. The van der Waals surface area contributed by atoms with E-state index in [-0.39, 0.29) is 6.61 Å². The summed E-state index contributed by atoms with van der Waals surface area (Å²) in [7, 11) is 0. The van der Waals surface area contributed by atoms with Gasteiger partial charge >= 0.3 is 0 Å². The third-order valence-corrected chi connectivity index (χ3v) is 4.18. The number of thioether (sulfide) groups is 1. The average Bonchev–Trinajstić information content (AvgIpc) is 2.51. The van der Waals surface area contributed by atoms with Crippen molar-refractivity contribution in [1.29, 1.82) is 5.26 Å². The molecule has 3 nitrogen and oxygen atoms in total. The van der Waals surface area contributed by atoms with Crippen LogP contribution in [0.25, 0.3) is 0 Å². The standard InChI is InChI=1S/C9H9NO2S2/c1-6-7(3-10)9(13-2)14-8(6)4-12-5-11/h5H,4H2,1-2H3. The van der Waals surface area contributed by atoms with Gasteiger partial charge in [0.15, 0.2) is 0 Å². The molecule has 0 aliphatic rings. The number of hydrogen-bond acceptors (Lipinski definition) is 5. The Morgan fingerprint density at radius 3 is 2.86 bits per heavy atom. The highest BCUT2D eigenvalue weighted by molar-refractivity contribution is 8.00. The van der Waals surface area contributed by atoms with E-state index in [2.05, 4.69) is 10.8 Å². The Balaban J connectivity index is 3.02. The minimum absolute atomic E-state index is 0.259. The van der Waals surface area contributed by atoms with Gasteiger partial charge in [-0.05, 0) is 18.7 Å². The first-order chi connectivity index (χ1) is 6.74. The Morgan fingerprint density at radius 2 is 2.43 bits per heavy atom. The number of rotatable bonds is 4. The van der Waals surface area contributed by atoms with Crippen molar-refractivity contribution in [3.8, 4) is 6.07 Å². The highest BCUT2D eigenvalue weighted by Crippen LogP contribution is 2.34. The molecule has 0 radical (unpaired) electrons. The van der Waals surface area contributed by atoms with Crippen LogP contribution >= 0.6 is 23.1 Å². The van der Waals surface area contributed by atoms with Crippen molar-refractivity contribution in [2.24, 2.45) is 0 Å². The third kappa shape index (κ3) is 2.08. The molecular weight excluding hydrogens is 218 g/mol. The molecule has 0 unspecified atom stereocenters. The summed E-state index contributed by atoms with van der Waals surface area (Å²) in [5, 5.41) is 8.90. The Hall–Kier alpha value is -0.990. The number of carbonyl (C=O) groups is 1. The molecule has 1 rings (SSSR count). The quantitative estimate of drug-likeness (QED) is 0.585. The molecule has 1 aromatic rings. The molecule has 0 aliphatic heterocycles. The SMILES string of the molecule is CSc1sc(COC=O)c(C)c1C#N. The second kappa shape index (κ2) is 5.03. The Morgan fingerprint density at radius 1 is 1.71 bits per heavy atom. The molecule has 0 amide bonds. The summed E-state index contributed by atoms with van der Waals surface area (Å²) in [6.07, 6.45) is 1.93. The molecular formula is C9H9NO2S2. The smallest absolute Gasteiger partial charge is 0.293 e. The van der Waals surface area contributed by atoms with Gasteiger partial charge in [0.2, 0.25) is 0 Å². The van der Waals surface area contributed by atoms with Crippen LogP contribution in [0.4, 0.5) is 0 Å². The summed E-state index contributed by atoms with van der Waals surface area (Å²) in [4.78, 5) is 11.0. The summed E-state index contributed by atoms with van der Waals surface area (Å²) < 4.78 is 5.65. The topological polar surface area (TPSA) is 50.1 Å². The zero-order valence-corrected chi connectivity index (χ0v) is 9.50. The lowest BCUT2D eigenvalue weighted by atomic mass is 10.2. The summed E-state index contributed by atoms with van der Waals surface area (Å²) in [5.74, 6) is 0. The molecule has 0 N–H and O–H groups in total. The first-order valence-electron chi connectivity index (χ1n) is 3.86. The lowest BCUT2D eigenvalue weighted by Crippen LogP contribution is -1.89. The van der Waals surface area contributed by atoms with E-state index in [1.54, 1.807) is 11.8 Å². The zero-order valence-electron chi connectivity index (χ0n) is 7.86. The molecule has 0 saturated heterocycles. The average molecular weight is 227 g/mol. The molecule has 74 valence electrons. The summed E-state index contributed by atoms with van der Waals surface area (Å²) in [5.41, 5.74) is 1.62. The summed E-state index contributed by atoms with van der Waals surface area (Å²) in [6.45, 7) is 2.55. The normalized spacial score (nSPS) is 9.50. The molecule has 0 aliphatic carbocycles. The van der Waals surface area contributed by atoms with Gasteiger partial charge in [0, 0.05) is 4.88 Å². The van der Waals surface area contributed by atoms with Crippen LogP contribution in [-0.2, 0) is 16.1 Å². The summed E-state index contributed by atoms with van der Waals surface area (Å²) in [6, 6.07) is 2.16. The van der Waals surface area contributed by atoms with Crippen LogP contribution in [-0.4, -0.2) is 12.7 Å². The Labute approximate surface area is 90.7 Å². The van der Waals surface area contributed by atoms with Crippen molar-refractivity contribution >= 4 is 29.6 Å². The first kappa shape index (κ1) is 11.1. The van der Waals surface area contributed by atoms with E-state index in [4.69, 9.17) is 5.26 Å². The fourth-order valence-electron chi connectivity index (χ4n) is 1.05. The minimum atomic E-state index is 0.259. The van der Waals surface area contributed by atoms with Crippen molar-refractivity contribution < 1.29 is 9.53 Å². The van der Waals surface area contributed by atoms with E-state index in [0.29, 0.717) is 12.0 Å². The van der Waals surface area contributed by atoms with Gasteiger partial charge in [0.05, 0.1) is 9.77 Å². The lowest BCUT2D eigenvalue weighted by molar-refractivity contribution is -0.129. The molecule has 0 atom stereocenters. The van der Waals surface area contributed by atoms with Crippen molar-refractivity contribution in [2.75, 3.05) is 6.26 Å². The van der Waals surface area contributed by atoms with Gasteiger partial charge in [-0.25, -0.2) is 0 Å². The van der Waals surface area contributed by atoms with Gasteiger partial charge in [-0.15, -0.1) is 23.1 Å². The second-order valence-electron chi connectivity index (χ2n) is 2.54. The van der Waals surface area contributed by atoms with Gasteiger partial charge < -0.3 is 4.74 Å². The monoisotopic (exact) mass is 227 g/mol. The van der Waals surface area contributed by atoms with Crippen LogP contribution in [0.3, 0.4) is 0 Å². The minimum Gasteiger partial charge on any atom is -0.462 e. The van der Waals surface area contributed by atoms with E-state index in [1.165, 1.54) is 11.3 Å². The van der Waals surface area contributed by atoms with E-state index < -0.39 is 0 Å². The predicted octanol–water partition coefficient (Wildman–Crippen LogP) is 2.32. The molecule has 0 bridgehead atoms. The van der Waals surface area contributed by atoms with Crippen LogP contribution in [0.2, 0.25) is 0 Å². The number of carbonyl (C=O) groups excluding carboxylic acids is 1. The number of nitriles is 1. The van der Waals surface area contributed by atoms with Crippen LogP contribution in [0.15, 0.2) is 4.21 Å². The van der Waals surface area contributed by atoms with E-state index in [0.717, 1.165) is 14.6 Å². The van der Waals surface area contributed by atoms with Crippen molar-refractivity contribution in [3.63, 3.8) is 0 Å². The van der Waals surface area contributed by atoms with Gasteiger partial charge in [0.1, 0.15) is 12.7 Å². The maximum atomic E-state index is 10.0. The van der Waals surface area contributed by atoms with E-state index in [9.17, 15) is 4.79 Å². The van der Waals surface area contributed by atoms with Crippen molar-refractivity contribution in [2.45, 2.75) is 17.7 Å². The number of thiophene rings is 1. The Kier molecular flexibility index (Phi) is 3.98. The maximum Gasteiger partial charge on any atom is 0.293 e. The largest absolute Gasteiger partial charge is 0.462 e. The predicted molar refractivity (Wildman–Crippen MR) is 56.4 cm³/mol. The van der Waals surface area contributed by atoms with Crippen LogP contribution in [0.1, 0.15) is 16.0 Å². The molecule has 1 aromatic heterocycles. The molecule has 1 heterocycles. The molecule has 5 heteroatoms. The number of hydrogen-bond donors (Lipinski definition) is 0. The number of nitrogens with zero attached hydrogens (tertiary/aromatic N) is 1. The lowest BCUT2D eigenvalue weighted by Gasteiger charge is -1.95. The van der Waals surface area contributed by atoms with Gasteiger partial charge in [-0.3, -0.25) is 4.79 Å². The molecule has 0 fully saturated rings. The molecule has 0 spiro atoms. The summed E-state index contributed by atoms with van der Waals surface area (Å²) >= 11 is 3.05. The van der Waals surface area contributed by atoms with Gasteiger partial charge in [-0.1, -0.05) is 0 Å². The van der Waals surface area contributed by atoms with Crippen LogP contribution < -0.4 is 0 Å². The highest BCUT2D eigenvalue weighted by Gasteiger charge is 2.13. The van der Waals surface area contributed by atoms with E-state index >= 15 is 0 Å². The van der Waals surface area contributed by atoms with E-state index in [1.807, 2.05) is 13.2 Å². The maximum absolute atomic E-state index is 10.0. The first-order valence-corrected chi connectivity index (χ1v) is 5.90. The van der Waals surface area contributed by atoms with Crippen molar-refractivity contribution in [3.05, 3.63) is 16.0 Å². The van der Waals surface area contributed by atoms with Crippen LogP contribution in [0, 0.1) is 18.3 Å². The van der Waals surface area contributed by atoms with Crippen molar-refractivity contribution in [1.82, 2.24) is 0 Å². The molecule has 0 saturated carbocycles. The fourth-order valence-corrected chi connectivity index (χ4v) is 3.00. The fraction of sp³-hybridized carbons (Fsp3) is 0.333. The molecule has 0 aromatic carbocycles. The van der Waals surface area contributed by atoms with Gasteiger partial charge in [-0.2, -0.15) is 5.26 Å². The highest BCUT2D eigenvalue weighted by atomic mass is 32.2. The molecule has 14 heavy (non-hydrogen) atoms. The van der Waals surface area contributed by atoms with Crippen LogP contribution in [0.5, 0.6) is 0 Å². The zero-order chi connectivity index (χ0) is 10.6. The van der Waals surface area contributed by atoms with Gasteiger partial charge in [0.25, 0.3) is 6.47 Å². The third-order valence-electron chi connectivity index (χ3n) is 1.79. The Bertz CT molecular complexity index is 379.